The summed E-state index contributed by atoms with van der Waals surface area (Å²) in [6.07, 6.45) is 3.15. The van der Waals surface area contributed by atoms with E-state index in [0.29, 0.717) is 18.1 Å². The summed E-state index contributed by atoms with van der Waals surface area (Å²) in [7, 11) is 0. The number of rotatable bonds is 3. The Morgan fingerprint density at radius 2 is 2.05 bits per heavy atom. The van der Waals surface area contributed by atoms with Gasteiger partial charge in [0.1, 0.15) is 6.61 Å². The lowest BCUT2D eigenvalue weighted by molar-refractivity contribution is 0.136. The van der Waals surface area contributed by atoms with E-state index in [1.165, 1.54) is 0 Å². The molecular formula is C15H20N2O2. The van der Waals surface area contributed by atoms with Gasteiger partial charge in [0.15, 0.2) is 0 Å². The number of carbonyl (C=O) groups excluding carboxylic acids is 1. The van der Waals surface area contributed by atoms with E-state index in [9.17, 15) is 4.79 Å². The second kappa shape index (κ2) is 5.21. The van der Waals surface area contributed by atoms with E-state index in [0.717, 1.165) is 37.9 Å². The molecule has 0 bridgehead atoms. The molecule has 19 heavy (non-hydrogen) atoms. The quantitative estimate of drug-likeness (QED) is 0.874. The summed E-state index contributed by atoms with van der Waals surface area (Å²) in [5, 5.41) is 6.35. The van der Waals surface area contributed by atoms with Gasteiger partial charge in [0.25, 0.3) is 0 Å². The van der Waals surface area contributed by atoms with Crippen LogP contribution in [0.15, 0.2) is 30.3 Å². The van der Waals surface area contributed by atoms with E-state index >= 15 is 0 Å². The van der Waals surface area contributed by atoms with Crippen LogP contribution < -0.4 is 10.6 Å². The Hall–Kier alpha value is -1.55. The molecule has 1 atom stereocenters. The maximum Gasteiger partial charge on any atom is 0.407 e. The minimum Gasteiger partial charge on any atom is -0.445 e. The number of hydrogen-bond acceptors (Lipinski definition) is 3. The topological polar surface area (TPSA) is 50.4 Å². The maximum absolute atomic E-state index is 11.7. The average Bonchev–Trinajstić information content (AvgIpc) is 3.10. The molecule has 0 unspecified atom stereocenters. The molecule has 1 aromatic carbocycles. The van der Waals surface area contributed by atoms with Crippen molar-refractivity contribution in [3.63, 3.8) is 0 Å². The van der Waals surface area contributed by atoms with Gasteiger partial charge in [-0.15, -0.1) is 0 Å². The number of benzene rings is 1. The van der Waals surface area contributed by atoms with Crippen LogP contribution in [0, 0.1) is 5.41 Å². The molecule has 4 nitrogen and oxygen atoms in total. The highest BCUT2D eigenvalue weighted by Crippen LogP contribution is 2.52. The van der Waals surface area contributed by atoms with Crippen LogP contribution in [0.1, 0.15) is 24.8 Å². The summed E-state index contributed by atoms with van der Waals surface area (Å²) in [5.41, 5.74) is 1.38. The number of alkyl carbamates (subject to hydrolysis) is 1. The highest BCUT2D eigenvalue weighted by atomic mass is 16.5. The van der Waals surface area contributed by atoms with Crippen molar-refractivity contribution in [3.8, 4) is 0 Å². The molecule has 1 aliphatic heterocycles. The molecular weight excluding hydrogens is 240 g/mol. The summed E-state index contributed by atoms with van der Waals surface area (Å²) in [6.45, 7) is 2.47. The fourth-order valence-electron chi connectivity index (χ4n) is 2.94. The largest absolute Gasteiger partial charge is 0.445 e. The summed E-state index contributed by atoms with van der Waals surface area (Å²) in [6, 6.07) is 10.1. The Labute approximate surface area is 113 Å². The maximum atomic E-state index is 11.7. The number of carbonyl (C=O) groups is 1. The van der Waals surface area contributed by atoms with E-state index in [1.54, 1.807) is 0 Å². The lowest BCUT2D eigenvalue weighted by Gasteiger charge is -2.23. The van der Waals surface area contributed by atoms with Crippen molar-refractivity contribution < 1.29 is 9.53 Å². The summed E-state index contributed by atoms with van der Waals surface area (Å²) in [5.74, 6) is 0. The Morgan fingerprint density at radius 1 is 1.32 bits per heavy atom. The van der Waals surface area contributed by atoms with Crippen LogP contribution >= 0.6 is 0 Å². The monoisotopic (exact) mass is 260 g/mol. The Balaban J connectivity index is 1.43. The van der Waals surface area contributed by atoms with Gasteiger partial charge < -0.3 is 15.4 Å². The normalized spacial score (nSPS) is 23.9. The molecule has 1 heterocycles. The van der Waals surface area contributed by atoms with Gasteiger partial charge in [-0.1, -0.05) is 30.3 Å². The lowest BCUT2D eigenvalue weighted by Crippen LogP contribution is -2.36. The summed E-state index contributed by atoms with van der Waals surface area (Å²) < 4.78 is 5.25. The fourth-order valence-corrected chi connectivity index (χ4v) is 2.94. The third-order valence-corrected chi connectivity index (χ3v) is 4.29. The second-order valence-electron chi connectivity index (χ2n) is 5.58. The van der Waals surface area contributed by atoms with Crippen LogP contribution in [0.3, 0.4) is 0 Å². The molecule has 2 fully saturated rings. The molecule has 1 amide bonds. The van der Waals surface area contributed by atoms with Gasteiger partial charge in [-0.3, -0.25) is 0 Å². The minimum atomic E-state index is -0.288. The van der Waals surface area contributed by atoms with E-state index in [1.807, 2.05) is 30.3 Å². The van der Waals surface area contributed by atoms with E-state index in [-0.39, 0.29) is 6.09 Å². The first-order chi connectivity index (χ1) is 9.28. The predicted molar refractivity (Wildman–Crippen MR) is 72.7 cm³/mol. The zero-order valence-electron chi connectivity index (χ0n) is 11.0. The molecule has 1 aromatic rings. The van der Waals surface area contributed by atoms with Crippen molar-refractivity contribution in [2.75, 3.05) is 13.1 Å². The zero-order valence-corrected chi connectivity index (χ0v) is 11.0. The predicted octanol–water partition coefficient (Wildman–Crippen LogP) is 2.05. The fraction of sp³-hybridized carbons (Fsp3) is 0.533. The molecule has 4 heteroatoms. The van der Waals surface area contributed by atoms with E-state index < -0.39 is 0 Å². The van der Waals surface area contributed by atoms with Gasteiger partial charge in [0.2, 0.25) is 0 Å². The van der Waals surface area contributed by atoms with Gasteiger partial charge in [0, 0.05) is 6.04 Å². The van der Waals surface area contributed by atoms with Gasteiger partial charge in [-0.2, -0.15) is 0 Å². The third-order valence-electron chi connectivity index (χ3n) is 4.29. The molecule has 102 valence electrons. The molecule has 0 aromatic heterocycles. The smallest absolute Gasteiger partial charge is 0.407 e. The number of hydrogen-bond donors (Lipinski definition) is 2. The molecule has 2 aliphatic rings. The van der Waals surface area contributed by atoms with E-state index in [4.69, 9.17) is 4.74 Å². The van der Waals surface area contributed by atoms with Crippen LogP contribution in [0.25, 0.3) is 0 Å². The van der Waals surface area contributed by atoms with Crippen molar-refractivity contribution in [1.82, 2.24) is 10.6 Å². The molecule has 1 saturated heterocycles. The minimum absolute atomic E-state index is 0.288. The van der Waals surface area contributed by atoms with Crippen LogP contribution in [-0.2, 0) is 11.3 Å². The van der Waals surface area contributed by atoms with Crippen LogP contribution in [0.2, 0.25) is 0 Å². The number of amides is 1. The molecule has 1 saturated carbocycles. The third kappa shape index (κ3) is 2.89. The van der Waals surface area contributed by atoms with Crippen LogP contribution in [0.4, 0.5) is 4.79 Å². The summed E-state index contributed by atoms with van der Waals surface area (Å²) in [4.78, 5) is 11.7. The zero-order chi connectivity index (χ0) is 13.1. The molecule has 1 aliphatic carbocycles. The first-order valence-corrected chi connectivity index (χ1v) is 6.96. The van der Waals surface area contributed by atoms with Crippen molar-refractivity contribution in [1.29, 1.82) is 0 Å². The Kier molecular flexibility index (Phi) is 3.42. The van der Waals surface area contributed by atoms with Crippen molar-refractivity contribution >= 4 is 6.09 Å². The summed E-state index contributed by atoms with van der Waals surface area (Å²) >= 11 is 0. The first kappa shape index (κ1) is 12.5. The van der Waals surface area contributed by atoms with Gasteiger partial charge in [-0.25, -0.2) is 4.79 Å². The molecule has 0 radical (unpaired) electrons. The van der Waals surface area contributed by atoms with Crippen molar-refractivity contribution in [3.05, 3.63) is 35.9 Å². The first-order valence-electron chi connectivity index (χ1n) is 6.96. The standard InChI is InChI=1S/C15H20N2O2/c18-14(19-11-12-4-2-1-3-5-12)17-13-10-15(13)6-8-16-9-7-15/h1-5,13,16H,6-11H2,(H,17,18)/t13-/m0/s1. The molecule has 2 N–H and O–H groups in total. The van der Waals surface area contributed by atoms with Crippen LogP contribution in [0.5, 0.6) is 0 Å². The van der Waals surface area contributed by atoms with Gasteiger partial charge >= 0.3 is 6.09 Å². The van der Waals surface area contributed by atoms with Gasteiger partial charge in [0.05, 0.1) is 0 Å². The number of piperidine rings is 1. The Bertz CT molecular complexity index is 441. The average molecular weight is 260 g/mol. The van der Waals surface area contributed by atoms with Crippen LogP contribution in [-0.4, -0.2) is 25.2 Å². The van der Waals surface area contributed by atoms with Crippen molar-refractivity contribution in [2.24, 2.45) is 5.41 Å². The Morgan fingerprint density at radius 3 is 2.79 bits per heavy atom. The highest BCUT2D eigenvalue weighted by molar-refractivity contribution is 5.68. The second-order valence-corrected chi connectivity index (χ2v) is 5.58. The highest BCUT2D eigenvalue weighted by Gasteiger charge is 2.54. The SMILES string of the molecule is O=C(N[C@H]1CC12CCNCC2)OCc1ccccc1. The van der Waals surface area contributed by atoms with E-state index in [2.05, 4.69) is 10.6 Å². The number of ether oxygens (including phenoxy) is 1. The molecule has 3 rings (SSSR count). The number of nitrogens with one attached hydrogen (secondary N) is 2. The lowest BCUT2D eigenvalue weighted by atomic mass is 9.94. The van der Waals surface area contributed by atoms with Crippen molar-refractivity contribution in [2.45, 2.75) is 31.9 Å². The molecule has 1 spiro atoms. The van der Waals surface area contributed by atoms with Gasteiger partial charge in [-0.05, 0) is 43.3 Å².